The number of rotatable bonds is 6. The van der Waals surface area contributed by atoms with Gasteiger partial charge in [0.15, 0.2) is 0 Å². The second-order valence-corrected chi connectivity index (χ2v) is 5.61. The van der Waals surface area contributed by atoms with Gasteiger partial charge in [0, 0.05) is 0 Å². The van der Waals surface area contributed by atoms with Crippen LogP contribution in [-0.2, 0) is 9.36 Å². The predicted octanol–water partition coefficient (Wildman–Crippen LogP) is -0.343. The van der Waals surface area contributed by atoms with E-state index in [2.05, 4.69) is 0 Å². The minimum Gasteiger partial charge on any atom is -0.480 e. The molecule has 0 aromatic rings. The molecule has 0 unspecified atom stereocenters. The molecule has 0 rings (SSSR count). The fourth-order valence-electron chi connectivity index (χ4n) is 0.517. The van der Waals surface area contributed by atoms with Crippen LogP contribution >= 0.6 is 19.4 Å². The SMILES string of the molecule is N[C@@H](CCSCP(=O)(O)O)C(=O)O. The summed E-state index contributed by atoms with van der Waals surface area (Å²) in [4.78, 5) is 27.1. The van der Waals surface area contributed by atoms with Crippen LogP contribution in [0.2, 0.25) is 0 Å². The summed E-state index contributed by atoms with van der Waals surface area (Å²) in [5.74, 6) is -0.768. The number of carboxylic acid groups (broad SMARTS) is 1. The van der Waals surface area contributed by atoms with Crippen LogP contribution < -0.4 is 5.73 Å². The molecule has 6 nitrogen and oxygen atoms in total. The smallest absolute Gasteiger partial charge is 0.335 e. The van der Waals surface area contributed by atoms with Crippen molar-refractivity contribution >= 4 is 25.3 Å². The van der Waals surface area contributed by atoms with Crippen molar-refractivity contribution in [1.82, 2.24) is 0 Å². The van der Waals surface area contributed by atoms with Crippen LogP contribution in [0.3, 0.4) is 0 Å². The van der Waals surface area contributed by atoms with Gasteiger partial charge in [-0.3, -0.25) is 9.36 Å². The molecule has 8 heteroatoms. The number of carboxylic acids is 1. The van der Waals surface area contributed by atoms with E-state index in [9.17, 15) is 9.36 Å². The number of hydrogen-bond acceptors (Lipinski definition) is 4. The molecule has 0 saturated carbocycles. The van der Waals surface area contributed by atoms with Crippen LogP contribution in [0, 0.1) is 0 Å². The molecule has 0 saturated heterocycles. The van der Waals surface area contributed by atoms with Crippen molar-refractivity contribution in [2.24, 2.45) is 5.73 Å². The van der Waals surface area contributed by atoms with Gasteiger partial charge in [-0.05, 0) is 12.2 Å². The summed E-state index contributed by atoms with van der Waals surface area (Å²) in [6, 6.07) is -0.954. The zero-order valence-corrected chi connectivity index (χ0v) is 8.50. The molecule has 0 aliphatic heterocycles. The van der Waals surface area contributed by atoms with Crippen molar-refractivity contribution in [3.63, 3.8) is 0 Å². The van der Waals surface area contributed by atoms with Crippen LogP contribution in [-0.4, -0.2) is 38.2 Å². The number of carbonyl (C=O) groups is 1. The Bertz CT molecular complexity index is 217. The molecule has 13 heavy (non-hydrogen) atoms. The van der Waals surface area contributed by atoms with E-state index < -0.39 is 19.6 Å². The molecule has 0 aromatic heterocycles. The van der Waals surface area contributed by atoms with E-state index in [4.69, 9.17) is 20.6 Å². The quantitative estimate of drug-likeness (QED) is 0.363. The molecular formula is C5H12NO5PS. The van der Waals surface area contributed by atoms with Crippen LogP contribution in [0.5, 0.6) is 0 Å². The van der Waals surface area contributed by atoms with Crippen LogP contribution in [0.1, 0.15) is 6.42 Å². The van der Waals surface area contributed by atoms with Crippen LogP contribution in [0.25, 0.3) is 0 Å². The highest BCUT2D eigenvalue weighted by Crippen LogP contribution is 2.38. The van der Waals surface area contributed by atoms with E-state index in [0.29, 0.717) is 5.75 Å². The average molecular weight is 229 g/mol. The first-order valence-corrected chi connectivity index (χ1v) is 6.39. The van der Waals surface area contributed by atoms with Gasteiger partial charge in [0.05, 0.1) is 5.49 Å². The topological polar surface area (TPSA) is 121 Å². The first kappa shape index (κ1) is 12.9. The number of thioether (sulfide) groups is 1. The molecule has 0 amide bonds. The molecule has 0 fully saturated rings. The van der Waals surface area contributed by atoms with E-state index in [0.717, 1.165) is 11.8 Å². The Morgan fingerprint density at radius 1 is 1.54 bits per heavy atom. The zero-order chi connectivity index (χ0) is 10.5. The number of hydrogen-bond donors (Lipinski definition) is 4. The van der Waals surface area contributed by atoms with Crippen molar-refractivity contribution in [3.8, 4) is 0 Å². The van der Waals surface area contributed by atoms with Crippen molar-refractivity contribution in [2.75, 3.05) is 11.2 Å². The Morgan fingerprint density at radius 2 is 2.08 bits per heavy atom. The molecule has 0 aromatic carbocycles. The summed E-state index contributed by atoms with van der Waals surface area (Å²) in [5, 5.41) is 8.35. The Morgan fingerprint density at radius 3 is 2.46 bits per heavy atom. The van der Waals surface area contributed by atoms with Gasteiger partial charge in [-0.25, -0.2) is 0 Å². The minimum absolute atomic E-state index is 0.208. The molecular weight excluding hydrogens is 217 g/mol. The average Bonchev–Trinajstić information content (AvgIpc) is 1.95. The lowest BCUT2D eigenvalue weighted by molar-refractivity contribution is -0.138. The highest BCUT2D eigenvalue weighted by Gasteiger charge is 2.14. The molecule has 0 bridgehead atoms. The molecule has 0 aliphatic carbocycles. The fourth-order valence-corrected chi connectivity index (χ4v) is 2.41. The Labute approximate surface area is 79.7 Å². The summed E-state index contributed by atoms with van der Waals surface area (Å²) >= 11 is 0.999. The third kappa shape index (κ3) is 8.27. The van der Waals surface area contributed by atoms with Gasteiger partial charge in [-0.15, -0.1) is 11.8 Å². The van der Waals surface area contributed by atoms with E-state index in [1.165, 1.54) is 0 Å². The van der Waals surface area contributed by atoms with Crippen LogP contribution in [0.4, 0.5) is 0 Å². The second kappa shape index (κ2) is 5.62. The molecule has 0 heterocycles. The van der Waals surface area contributed by atoms with Gasteiger partial charge < -0.3 is 20.6 Å². The number of nitrogens with two attached hydrogens (primary N) is 1. The van der Waals surface area contributed by atoms with Crippen molar-refractivity contribution in [1.29, 1.82) is 0 Å². The molecule has 0 spiro atoms. The second-order valence-electron chi connectivity index (χ2n) is 2.44. The zero-order valence-electron chi connectivity index (χ0n) is 6.79. The third-order valence-electron chi connectivity index (χ3n) is 1.15. The Kier molecular flexibility index (Phi) is 5.59. The maximum Gasteiger partial charge on any atom is 0.335 e. The molecule has 0 aliphatic rings. The predicted molar refractivity (Wildman–Crippen MR) is 49.6 cm³/mol. The van der Waals surface area contributed by atoms with Gasteiger partial charge >= 0.3 is 13.6 Å². The number of aliphatic carboxylic acids is 1. The summed E-state index contributed by atoms with van der Waals surface area (Å²) in [6.45, 7) is 0. The molecule has 1 atom stereocenters. The lowest BCUT2D eigenvalue weighted by Gasteiger charge is -2.06. The largest absolute Gasteiger partial charge is 0.480 e. The first-order chi connectivity index (χ1) is 5.83. The van der Waals surface area contributed by atoms with Crippen molar-refractivity contribution in [3.05, 3.63) is 0 Å². The lowest BCUT2D eigenvalue weighted by Crippen LogP contribution is -2.30. The van der Waals surface area contributed by atoms with Gasteiger partial charge in [-0.1, -0.05) is 0 Å². The highest BCUT2D eigenvalue weighted by molar-refractivity contribution is 8.04. The molecule has 5 N–H and O–H groups in total. The normalized spacial score (nSPS) is 14.1. The summed E-state index contributed by atoms with van der Waals surface area (Å²) in [6.07, 6.45) is 0.208. The standard InChI is InChI=1S/C5H12NO5PS/c6-4(5(7)8)1-2-13-3-12(9,10)11/h4H,1-3,6H2,(H,7,8)(H2,9,10,11)/t4-/m0/s1. The fraction of sp³-hybridized carbons (Fsp3) is 0.800. The Balaban J connectivity index is 3.47. The highest BCUT2D eigenvalue weighted by atomic mass is 32.2. The van der Waals surface area contributed by atoms with Gasteiger partial charge in [0.25, 0.3) is 0 Å². The minimum atomic E-state index is -3.97. The van der Waals surface area contributed by atoms with Gasteiger partial charge in [0.1, 0.15) is 6.04 Å². The van der Waals surface area contributed by atoms with Crippen molar-refractivity contribution in [2.45, 2.75) is 12.5 Å². The maximum atomic E-state index is 10.3. The monoisotopic (exact) mass is 229 g/mol. The van der Waals surface area contributed by atoms with Crippen molar-refractivity contribution < 1.29 is 24.3 Å². The Hall–Kier alpha value is -0.0700. The summed E-state index contributed by atoms with van der Waals surface area (Å²) < 4.78 is 10.3. The maximum absolute atomic E-state index is 10.3. The first-order valence-electron chi connectivity index (χ1n) is 3.43. The van der Waals surface area contributed by atoms with E-state index in [-0.39, 0.29) is 11.9 Å². The van der Waals surface area contributed by atoms with Crippen LogP contribution in [0.15, 0.2) is 0 Å². The lowest BCUT2D eigenvalue weighted by atomic mass is 10.2. The van der Waals surface area contributed by atoms with Gasteiger partial charge in [0.2, 0.25) is 0 Å². The van der Waals surface area contributed by atoms with E-state index in [1.807, 2.05) is 0 Å². The van der Waals surface area contributed by atoms with E-state index >= 15 is 0 Å². The summed E-state index contributed by atoms with van der Waals surface area (Å²) in [7, 11) is -3.97. The third-order valence-corrected chi connectivity index (χ3v) is 3.75. The molecule has 0 radical (unpaired) electrons. The summed E-state index contributed by atoms with van der Waals surface area (Å²) in [5.41, 5.74) is 4.87. The van der Waals surface area contributed by atoms with E-state index in [1.54, 1.807) is 0 Å². The molecule has 78 valence electrons. The van der Waals surface area contributed by atoms with Gasteiger partial charge in [-0.2, -0.15) is 0 Å².